The Morgan fingerprint density at radius 3 is 2.88 bits per heavy atom. The zero-order chi connectivity index (χ0) is 17.9. The Kier molecular flexibility index (Phi) is 3.53. The lowest BCUT2D eigenvalue weighted by Gasteiger charge is -2.39. The van der Waals surface area contributed by atoms with Gasteiger partial charge >= 0.3 is 6.03 Å². The molecule has 1 aliphatic carbocycles. The van der Waals surface area contributed by atoms with Gasteiger partial charge in [-0.25, -0.2) is 4.79 Å². The molecule has 5 rings (SSSR count). The number of amides is 4. The molecule has 8 heteroatoms. The first-order valence-electron chi connectivity index (χ1n) is 9.31. The monoisotopic (exact) mass is 374 g/mol. The van der Waals surface area contributed by atoms with E-state index in [1.165, 1.54) is 10.6 Å². The fourth-order valence-corrected chi connectivity index (χ4v) is 5.70. The van der Waals surface area contributed by atoms with Gasteiger partial charge in [0.2, 0.25) is 5.91 Å². The lowest BCUT2D eigenvalue weighted by molar-refractivity contribution is -0.133. The van der Waals surface area contributed by atoms with Crippen LogP contribution in [0.4, 0.5) is 10.5 Å². The van der Waals surface area contributed by atoms with Crippen LogP contribution in [0.5, 0.6) is 0 Å². The van der Waals surface area contributed by atoms with Crippen molar-refractivity contribution in [1.82, 2.24) is 15.5 Å². The molecule has 2 saturated heterocycles. The fourth-order valence-electron chi connectivity index (χ4n) is 4.74. The van der Waals surface area contributed by atoms with Crippen molar-refractivity contribution in [3.63, 3.8) is 0 Å². The number of hydrogen-bond donors (Lipinski definition) is 2. The normalized spacial score (nSPS) is 30.1. The number of rotatable bonds is 4. The summed E-state index contributed by atoms with van der Waals surface area (Å²) in [7, 11) is 0. The van der Waals surface area contributed by atoms with E-state index < -0.39 is 11.6 Å². The molecule has 0 radical (unpaired) electrons. The predicted molar refractivity (Wildman–Crippen MR) is 97.1 cm³/mol. The van der Waals surface area contributed by atoms with Crippen molar-refractivity contribution in [3.8, 4) is 0 Å². The smallest absolute Gasteiger partial charge is 0.322 e. The molecule has 4 aliphatic rings. The highest BCUT2D eigenvalue weighted by molar-refractivity contribution is 7.10. The van der Waals surface area contributed by atoms with Gasteiger partial charge in [0, 0.05) is 37.4 Å². The molecule has 1 aromatic heterocycles. The van der Waals surface area contributed by atoms with Crippen LogP contribution in [0.25, 0.3) is 0 Å². The highest BCUT2D eigenvalue weighted by atomic mass is 32.1. The summed E-state index contributed by atoms with van der Waals surface area (Å²) < 4.78 is 0. The van der Waals surface area contributed by atoms with Crippen molar-refractivity contribution in [2.24, 2.45) is 5.92 Å². The average Bonchev–Trinajstić information content (AvgIpc) is 3.17. The third-order valence-electron chi connectivity index (χ3n) is 6.26. The molecule has 4 amide bonds. The van der Waals surface area contributed by atoms with Crippen molar-refractivity contribution < 1.29 is 14.4 Å². The summed E-state index contributed by atoms with van der Waals surface area (Å²) in [6, 6.07) is 2.13. The second-order valence-corrected chi connectivity index (χ2v) is 8.77. The van der Waals surface area contributed by atoms with Crippen molar-refractivity contribution in [3.05, 3.63) is 16.3 Å². The first kappa shape index (κ1) is 16.1. The number of thiophene rings is 1. The average molecular weight is 374 g/mol. The minimum Gasteiger partial charge on any atom is -0.364 e. The number of imide groups is 1. The lowest BCUT2D eigenvalue weighted by atomic mass is 9.87. The Labute approximate surface area is 155 Å². The van der Waals surface area contributed by atoms with Crippen molar-refractivity contribution in [2.75, 3.05) is 24.5 Å². The Morgan fingerprint density at radius 1 is 1.31 bits per heavy atom. The third-order valence-corrected chi connectivity index (χ3v) is 7.20. The molecule has 26 heavy (non-hydrogen) atoms. The first-order chi connectivity index (χ1) is 12.6. The van der Waals surface area contributed by atoms with Crippen molar-refractivity contribution in [2.45, 2.75) is 43.7 Å². The van der Waals surface area contributed by atoms with Gasteiger partial charge in [0.05, 0.1) is 11.7 Å². The number of carbonyl (C=O) groups excluding carboxylic acids is 3. The minimum absolute atomic E-state index is 0.0916. The van der Waals surface area contributed by atoms with Crippen molar-refractivity contribution in [1.29, 1.82) is 0 Å². The molecule has 4 heterocycles. The second-order valence-electron chi connectivity index (χ2n) is 7.77. The van der Waals surface area contributed by atoms with Crippen molar-refractivity contribution >= 4 is 34.9 Å². The number of nitrogens with zero attached hydrogens (tertiary/aromatic N) is 2. The number of nitrogens with one attached hydrogen (secondary N) is 2. The number of hydrogen-bond acceptors (Lipinski definition) is 5. The number of fused-ring (bicyclic) bond motifs is 3. The summed E-state index contributed by atoms with van der Waals surface area (Å²) in [6.07, 6.45) is 3.59. The third kappa shape index (κ3) is 2.42. The van der Waals surface area contributed by atoms with Crippen LogP contribution >= 0.6 is 11.3 Å². The zero-order valence-corrected chi connectivity index (χ0v) is 15.3. The highest BCUT2D eigenvalue weighted by Crippen LogP contribution is 2.44. The van der Waals surface area contributed by atoms with E-state index >= 15 is 0 Å². The molecule has 1 aromatic rings. The Morgan fingerprint density at radius 2 is 2.15 bits per heavy atom. The topological polar surface area (TPSA) is 81.8 Å². The Bertz CT molecular complexity index is 789. The summed E-state index contributed by atoms with van der Waals surface area (Å²) in [5, 5.41) is 7.29. The number of anilines is 1. The molecule has 138 valence electrons. The highest BCUT2D eigenvalue weighted by Gasteiger charge is 2.55. The second kappa shape index (κ2) is 5.70. The number of carbonyl (C=O) groups is 3. The quantitative estimate of drug-likeness (QED) is 0.773. The molecule has 1 unspecified atom stereocenters. The van der Waals surface area contributed by atoms with Gasteiger partial charge in [0.15, 0.2) is 0 Å². The predicted octanol–water partition coefficient (Wildman–Crippen LogP) is 1.09. The van der Waals surface area contributed by atoms with E-state index in [2.05, 4.69) is 27.0 Å². The van der Waals surface area contributed by atoms with E-state index in [-0.39, 0.29) is 17.7 Å². The van der Waals surface area contributed by atoms with Crippen LogP contribution in [0.3, 0.4) is 0 Å². The van der Waals surface area contributed by atoms with Gasteiger partial charge in [-0.15, -0.1) is 11.3 Å². The standard InChI is InChI=1S/C18H22N4O3S/c23-15(3-5-18(11-1-2-11)16(24)19-17(25)20-18)21-6-7-22-12(10-21)9-14-13(22)4-8-26-14/h4,8,11-12H,1-3,5-7,9-10H2,(H2,19,20,24,25)/t12?,18-/m0/s1. The maximum absolute atomic E-state index is 12.8. The number of piperazine rings is 1. The van der Waals surface area contributed by atoms with E-state index in [1.54, 1.807) is 11.3 Å². The van der Waals surface area contributed by atoms with E-state index in [9.17, 15) is 14.4 Å². The molecule has 3 aliphatic heterocycles. The van der Waals surface area contributed by atoms with Gasteiger partial charge in [0.25, 0.3) is 5.91 Å². The molecular formula is C18H22N4O3S. The van der Waals surface area contributed by atoms with E-state index in [1.807, 2.05) is 4.90 Å². The van der Waals surface area contributed by atoms with E-state index in [0.717, 1.165) is 38.9 Å². The summed E-state index contributed by atoms with van der Waals surface area (Å²) in [5.74, 6) is 0.00106. The SMILES string of the molecule is O=C1NC(=O)[C@](CCC(=O)N2CCN3c4ccsc4CC3C2)(C2CC2)N1. The lowest BCUT2D eigenvalue weighted by Crippen LogP contribution is -2.54. The molecule has 0 bridgehead atoms. The fraction of sp³-hybridized carbons (Fsp3) is 0.611. The van der Waals surface area contributed by atoms with Crippen LogP contribution in [-0.4, -0.2) is 54.0 Å². The molecule has 2 N–H and O–H groups in total. The molecule has 0 spiro atoms. The maximum Gasteiger partial charge on any atom is 0.322 e. The molecule has 0 aromatic carbocycles. The first-order valence-corrected chi connectivity index (χ1v) is 10.2. The largest absolute Gasteiger partial charge is 0.364 e. The Balaban J connectivity index is 1.22. The van der Waals surface area contributed by atoms with E-state index in [0.29, 0.717) is 18.9 Å². The van der Waals surface area contributed by atoms with Crippen LogP contribution in [0.1, 0.15) is 30.6 Å². The summed E-state index contributed by atoms with van der Waals surface area (Å²) in [6.45, 7) is 2.33. The van der Waals surface area contributed by atoms with E-state index in [4.69, 9.17) is 0 Å². The molecule has 3 fully saturated rings. The van der Waals surface area contributed by atoms with Gasteiger partial charge in [-0.2, -0.15) is 0 Å². The van der Waals surface area contributed by atoms with Gasteiger partial charge in [-0.1, -0.05) is 0 Å². The van der Waals surface area contributed by atoms with Gasteiger partial charge in [-0.05, 0) is 36.6 Å². The molecule has 1 saturated carbocycles. The molecule has 7 nitrogen and oxygen atoms in total. The van der Waals surface area contributed by atoms with Crippen LogP contribution in [-0.2, 0) is 16.0 Å². The van der Waals surface area contributed by atoms with Gasteiger partial charge < -0.3 is 15.1 Å². The van der Waals surface area contributed by atoms with Gasteiger partial charge in [-0.3, -0.25) is 14.9 Å². The van der Waals surface area contributed by atoms with Crippen LogP contribution in [0.15, 0.2) is 11.4 Å². The molecule has 2 atom stereocenters. The van der Waals surface area contributed by atoms with Crippen LogP contribution in [0, 0.1) is 5.92 Å². The summed E-state index contributed by atoms with van der Waals surface area (Å²) >= 11 is 1.80. The summed E-state index contributed by atoms with van der Waals surface area (Å²) in [4.78, 5) is 42.5. The number of urea groups is 1. The van der Waals surface area contributed by atoms with Crippen LogP contribution in [0.2, 0.25) is 0 Å². The Hall–Kier alpha value is -2.09. The zero-order valence-electron chi connectivity index (χ0n) is 14.5. The van der Waals surface area contributed by atoms with Gasteiger partial charge in [0.1, 0.15) is 5.54 Å². The summed E-state index contributed by atoms with van der Waals surface area (Å²) in [5.41, 5.74) is 0.469. The minimum atomic E-state index is -0.869. The molecular weight excluding hydrogens is 352 g/mol. The van der Waals surface area contributed by atoms with Crippen LogP contribution < -0.4 is 15.5 Å². The maximum atomic E-state index is 12.8.